The van der Waals surface area contributed by atoms with Crippen LogP contribution in [0.1, 0.15) is 67.2 Å². The lowest BCUT2D eigenvalue weighted by Gasteiger charge is -2.43. The Hall–Kier alpha value is -2.24. The second-order valence-corrected chi connectivity index (χ2v) is 7.73. The monoisotopic (exact) mass is 361 g/mol. The number of alkyl halides is 2. The molecule has 1 N–H and O–H groups in total. The summed E-state index contributed by atoms with van der Waals surface area (Å²) < 4.78 is 27.8. The number of amides is 1. The summed E-state index contributed by atoms with van der Waals surface area (Å²) in [6, 6.07) is 8.08. The van der Waals surface area contributed by atoms with E-state index in [4.69, 9.17) is 0 Å². The first-order valence-electron chi connectivity index (χ1n) is 8.94. The highest BCUT2D eigenvalue weighted by molar-refractivity contribution is 5.96. The molecule has 1 aromatic heterocycles. The van der Waals surface area contributed by atoms with E-state index < -0.39 is 23.6 Å². The molecule has 1 amide bonds. The molecule has 3 rings (SSSR count). The molecule has 0 saturated heterocycles. The van der Waals surface area contributed by atoms with Crippen LogP contribution in [0.2, 0.25) is 0 Å². The zero-order valence-electron chi connectivity index (χ0n) is 15.6. The largest absolute Gasteiger partial charge is 0.342 e. The fourth-order valence-corrected chi connectivity index (χ4v) is 4.33. The number of nitrogens with zero attached hydrogens (tertiary/aromatic N) is 2. The predicted molar refractivity (Wildman–Crippen MR) is 96.1 cm³/mol. The van der Waals surface area contributed by atoms with Crippen molar-refractivity contribution in [3.63, 3.8) is 0 Å². The van der Waals surface area contributed by atoms with Crippen molar-refractivity contribution in [1.82, 2.24) is 15.1 Å². The molecule has 0 bridgehead atoms. The van der Waals surface area contributed by atoms with E-state index in [0.29, 0.717) is 0 Å². The highest BCUT2D eigenvalue weighted by Crippen LogP contribution is 2.52. The van der Waals surface area contributed by atoms with Crippen LogP contribution >= 0.6 is 0 Å². The molecule has 0 aliphatic heterocycles. The lowest BCUT2D eigenvalue weighted by atomic mass is 9.70. The van der Waals surface area contributed by atoms with E-state index in [1.54, 1.807) is 7.05 Å². The molecule has 6 heteroatoms. The Morgan fingerprint density at radius 2 is 2.04 bits per heavy atom. The lowest BCUT2D eigenvalue weighted by Crippen LogP contribution is -2.53. The smallest absolute Gasteiger partial charge is 0.282 e. The molecule has 1 atom stereocenters. The number of fused-ring (bicyclic) bond motifs is 1. The molecule has 0 saturated carbocycles. The van der Waals surface area contributed by atoms with Gasteiger partial charge < -0.3 is 5.32 Å². The SMILES string of the molecule is CCCC1(NC(=O)c2cn(C)nc2C(F)F)c2ccccc2CC1(C)C. The van der Waals surface area contributed by atoms with Crippen molar-refractivity contribution in [2.45, 2.75) is 52.0 Å². The first kappa shape index (κ1) is 18.5. The molecular weight excluding hydrogens is 336 g/mol. The molecule has 4 nitrogen and oxygen atoms in total. The molecule has 140 valence electrons. The van der Waals surface area contributed by atoms with Crippen molar-refractivity contribution in [3.05, 3.63) is 52.8 Å². The van der Waals surface area contributed by atoms with E-state index in [-0.39, 0.29) is 11.0 Å². The predicted octanol–water partition coefficient (Wildman–Crippen LogP) is 4.37. The zero-order chi connectivity index (χ0) is 19.1. The second-order valence-electron chi connectivity index (χ2n) is 7.73. The number of aryl methyl sites for hydroxylation is 1. The molecule has 1 aliphatic rings. The molecule has 1 heterocycles. The van der Waals surface area contributed by atoms with Crippen LogP contribution in [0.4, 0.5) is 8.78 Å². The van der Waals surface area contributed by atoms with E-state index >= 15 is 0 Å². The summed E-state index contributed by atoms with van der Waals surface area (Å²) in [5, 5.41) is 6.90. The van der Waals surface area contributed by atoms with Gasteiger partial charge in [0.25, 0.3) is 12.3 Å². The third kappa shape index (κ3) is 2.81. The topological polar surface area (TPSA) is 46.9 Å². The Morgan fingerprint density at radius 3 is 2.69 bits per heavy atom. The van der Waals surface area contributed by atoms with Gasteiger partial charge in [-0.05, 0) is 29.4 Å². The number of carbonyl (C=O) groups is 1. The van der Waals surface area contributed by atoms with Crippen molar-refractivity contribution in [2.75, 3.05) is 0 Å². The van der Waals surface area contributed by atoms with Crippen LogP contribution in [0, 0.1) is 5.41 Å². The summed E-state index contributed by atoms with van der Waals surface area (Å²) >= 11 is 0. The number of hydrogen-bond acceptors (Lipinski definition) is 2. The van der Waals surface area contributed by atoms with E-state index in [9.17, 15) is 13.6 Å². The third-order valence-electron chi connectivity index (χ3n) is 5.53. The van der Waals surface area contributed by atoms with Crippen molar-refractivity contribution in [3.8, 4) is 0 Å². The van der Waals surface area contributed by atoms with Crippen molar-refractivity contribution < 1.29 is 13.6 Å². The Morgan fingerprint density at radius 1 is 1.35 bits per heavy atom. The molecule has 1 aliphatic carbocycles. The standard InChI is InChI=1S/C20H25F2N3O/c1-5-10-20(15-9-7-6-8-13(15)11-19(20,2)3)23-18(26)14-12-25(4)24-16(14)17(21)22/h6-9,12,17H,5,10-11H2,1-4H3,(H,23,26). The Labute approximate surface area is 152 Å². The van der Waals surface area contributed by atoms with Gasteiger partial charge in [0.2, 0.25) is 0 Å². The number of halogens is 2. The number of carbonyl (C=O) groups excluding carboxylic acids is 1. The second kappa shape index (κ2) is 6.49. The lowest BCUT2D eigenvalue weighted by molar-refractivity contribution is 0.0728. The van der Waals surface area contributed by atoms with Crippen LogP contribution in [0.15, 0.2) is 30.5 Å². The zero-order valence-corrected chi connectivity index (χ0v) is 15.6. The van der Waals surface area contributed by atoms with E-state index in [0.717, 1.165) is 24.8 Å². The van der Waals surface area contributed by atoms with Gasteiger partial charge in [0, 0.05) is 13.2 Å². The first-order valence-corrected chi connectivity index (χ1v) is 8.94. The first-order chi connectivity index (χ1) is 12.2. The van der Waals surface area contributed by atoms with E-state index in [2.05, 4.69) is 37.3 Å². The van der Waals surface area contributed by atoms with E-state index in [1.807, 2.05) is 18.2 Å². The van der Waals surface area contributed by atoms with Gasteiger partial charge in [0.15, 0.2) is 0 Å². The number of rotatable bonds is 5. The maximum atomic E-state index is 13.3. The summed E-state index contributed by atoms with van der Waals surface area (Å²) in [5.74, 6) is -0.494. The van der Waals surface area contributed by atoms with Crippen LogP contribution in [-0.4, -0.2) is 15.7 Å². The van der Waals surface area contributed by atoms with Crippen LogP contribution in [0.25, 0.3) is 0 Å². The summed E-state index contributed by atoms with van der Waals surface area (Å²) in [5.41, 5.74) is 0.938. The molecule has 1 aromatic carbocycles. The van der Waals surface area contributed by atoms with Crippen molar-refractivity contribution >= 4 is 5.91 Å². The van der Waals surface area contributed by atoms with Crippen LogP contribution in [0.3, 0.4) is 0 Å². The molecular formula is C20H25F2N3O. The minimum absolute atomic E-state index is 0.0573. The summed E-state index contributed by atoms with van der Waals surface area (Å²) in [7, 11) is 1.54. The fourth-order valence-electron chi connectivity index (χ4n) is 4.33. The number of hydrogen-bond donors (Lipinski definition) is 1. The third-order valence-corrected chi connectivity index (χ3v) is 5.53. The Bertz CT molecular complexity index is 828. The summed E-state index contributed by atoms with van der Waals surface area (Å²) in [6.45, 7) is 6.32. The van der Waals surface area contributed by atoms with Gasteiger partial charge in [-0.1, -0.05) is 51.5 Å². The van der Waals surface area contributed by atoms with Crippen molar-refractivity contribution in [1.29, 1.82) is 0 Å². The van der Waals surface area contributed by atoms with Crippen LogP contribution < -0.4 is 5.32 Å². The Balaban J connectivity index is 2.06. The van der Waals surface area contributed by atoms with Gasteiger partial charge in [-0.25, -0.2) is 8.78 Å². The summed E-state index contributed by atoms with van der Waals surface area (Å²) in [6.07, 6.45) is 1.02. The normalized spacial score (nSPS) is 21.0. The molecule has 1 unspecified atom stereocenters. The molecule has 0 fully saturated rings. The minimum atomic E-state index is -2.79. The van der Waals surface area contributed by atoms with Crippen molar-refractivity contribution in [2.24, 2.45) is 12.5 Å². The molecule has 0 radical (unpaired) electrons. The van der Waals surface area contributed by atoms with Crippen LogP contribution in [-0.2, 0) is 19.0 Å². The van der Waals surface area contributed by atoms with E-state index in [1.165, 1.54) is 16.4 Å². The quantitative estimate of drug-likeness (QED) is 0.860. The van der Waals surface area contributed by atoms with Gasteiger partial charge in [-0.15, -0.1) is 0 Å². The number of nitrogens with one attached hydrogen (secondary N) is 1. The maximum absolute atomic E-state index is 13.3. The highest BCUT2D eigenvalue weighted by Gasteiger charge is 2.52. The van der Waals surface area contributed by atoms with Gasteiger partial charge >= 0.3 is 0 Å². The highest BCUT2D eigenvalue weighted by atomic mass is 19.3. The van der Waals surface area contributed by atoms with Gasteiger partial charge in [-0.3, -0.25) is 9.48 Å². The number of aromatic nitrogens is 2. The average molecular weight is 361 g/mol. The average Bonchev–Trinajstić information content (AvgIpc) is 3.05. The van der Waals surface area contributed by atoms with Gasteiger partial charge in [0.05, 0.1) is 11.1 Å². The maximum Gasteiger partial charge on any atom is 0.282 e. The fraction of sp³-hybridized carbons (Fsp3) is 0.500. The Kier molecular flexibility index (Phi) is 4.63. The molecule has 26 heavy (non-hydrogen) atoms. The molecule has 2 aromatic rings. The summed E-state index contributed by atoms with van der Waals surface area (Å²) in [4.78, 5) is 13.0. The molecule has 0 spiro atoms. The number of benzene rings is 1. The van der Waals surface area contributed by atoms with Gasteiger partial charge in [-0.2, -0.15) is 5.10 Å². The van der Waals surface area contributed by atoms with Gasteiger partial charge in [0.1, 0.15) is 5.69 Å². The minimum Gasteiger partial charge on any atom is -0.342 e. The van der Waals surface area contributed by atoms with Crippen LogP contribution in [0.5, 0.6) is 0 Å².